The number of piperazine rings is 1. The minimum absolute atomic E-state index is 0.107. The number of hydrogen-bond acceptors (Lipinski definition) is 4. The predicted octanol–water partition coefficient (Wildman–Crippen LogP) is 3.88. The van der Waals surface area contributed by atoms with Crippen LogP contribution in [0.15, 0.2) is 78.9 Å². The van der Waals surface area contributed by atoms with Crippen molar-refractivity contribution in [1.29, 1.82) is 0 Å². The van der Waals surface area contributed by atoms with Gasteiger partial charge in [-0.1, -0.05) is 66.7 Å². The lowest BCUT2D eigenvalue weighted by atomic mass is 9.96. The van der Waals surface area contributed by atoms with Crippen LogP contribution < -0.4 is 10.1 Å². The number of ether oxygens (including phenoxy) is 1. The van der Waals surface area contributed by atoms with E-state index < -0.39 is 11.8 Å². The molecule has 33 heavy (non-hydrogen) atoms. The van der Waals surface area contributed by atoms with Gasteiger partial charge in [-0.3, -0.25) is 14.5 Å². The lowest BCUT2D eigenvalue weighted by Crippen LogP contribution is -2.52. The maximum atomic E-state index is 12.9. The van der Waals surface area contributed by atoms with Crippen molar-refractivity contribution in [3.8, 4) is 5.75 Å². The first-order chi connectivity index (χ1) is 16.1. The number of nitrogens with one attached hydrogen (secondary N) is 1. The molecule has 1 aliphatic rings. The molecule has 1 saturated heterocycles. The normalized spacial score (nSPS) is 14.2. The van der Waals surface area contributed by atoms with E-state index >= 15 is 0 Å². The molecule has 1 aliphatic heterocycles. The van der Waals surface area contributed by atoms with Crippen molar-refractivity contribution >= 4 is 17.5 Å². The van der Waals surface area contributed by atoms with E-state index in [0.29, 0.717) is 37.6 Å². The van der Waals surface area contributed by atoms with Crippen LogP contribution in [0.2, 0.25) is 0 Å². The summed E-state index contributed by atoms with van der Waals surface area (Å²) < 4.78 is 5.30. The molecule has 0 aliphatic carbocycles. The molecule has 1 heterocycles. The van der Waals surface area contributed by atoms with Crippen molar-refractivity contribution in [2.75, 3.05) is 38.6 Å². The first-order valence-corrected chi connectivity index (χ1v) is 11.2. The fourth-order valence-electron chi connectivity index (χ4n) is 4.31. The van der Waals surface area contributed by atoms with E-state index in [1.54, 1.807) is 17.0 Å². The Bertz CT molecular complexity index is 1050. The summed E-state index contributed by atoms with van der Waals surface area (Å²) in [4.78, 5) is 29.5. The van der Waals surface area contributed by atoms with E-state index in [4.69, 9.17) is 4.74 Å². The molecular weight excluding hydrogens is 414 g/mol. The largest absolute Gasteiger partial charge is 0.495 e. The minimum Gasteiger partial charge on any atom is -0.495 e. The molecule has 6 nitrogen and oxygen atoms in total. The molecule has 1 fully saturated rings. The quantitative estimate of drug-likeness (QED) is 0.608. The number of amides is 2. The highest BCUT2D eigenvalue weighted by Gasteiger charge is 2.30. The van der Waals surface area contributed by atoms with E-state index in [1.165, 1.54) is 18.2 Å². The third-order valence-electron chi connectivity index (χ3n) is 5.99. The van der Waals surface area contributed by atoms with Crippen LogP contribution >= 0.6 is 0 Å². The topological polar surface area (TPSA) is 61.9 Å². The highest BCUT2D eigenvalue weighted by atomic mass is 16.5. The Balaban J connectivity index is 1.44. The molecule has 3 aromatic carbocycles. The summed E-state index contributed by atoms with van der Waals surface area (Å²) in [5.41, 5.74) is 3.91. The molecular formula is C27H29N3O3. The van der Waals surface area contributed by atoms with E-state index in [2.05, 4.69) is 58.7 Å². The molecule has 0 aromatic heterocycles. The molecule has 6 heteroatoms. The summed E-state index contributed by atoms with van der Waals surface area (Å²) in [6.45, 7) is 4.27. The number of nitrogens with zero attached hydrogens (tertiary/aromatic N) is 2. The van der Waals surface area contributed by atoms with Gasteiger partial charge < -0.3 is 15.0 Å². The van der Waals surface area contributed by atoms with Crippen molar-refractivity contribution < 1.29 is 14.3 Å². The van der Waals surface area contributed by atoms with Crippen molar-refractivity contribution in [3.05, 3.63) is 95.6 Å². The molecule has 3 aromatic rings. The summed E-state index contributed by atoms with van der Waals surface area (Å²) >= 11 is 0. The van der Waals surface area contributed by atoms with Gasteiger partial charge in [-0.15, -0.1) is 0 Å². The monoisotopic (exact) mass is 443 g/mol. The van der Waals surface area contributed by atoms with Gasteiger partial charge in [0.05, 0.1) is 18.8 Å². The SMILES string of the molecule is COc1ccc(C)cc1NC(=O)C(=O)N1CCN(C(c2ccccc2)c2ccccc2)CC1. The summed E-state index contributed by atoms with van der Waals surface area (Å²) in [6.07, 6.45) is 0. The van der Waals surface area contributed by atoms with E-state index in [1.807, 2.05) is 25.1 Å². The summed E-state index contributed by atoms with van der Waals surface area (Å²) in [5, 5.41) is 2.72. The fraction of sp³-hybridized carbons (Fsp3) is 0.259. The van der Waals surface area contributed by atoms with Gasteiger partial charge in [0, 0.05) is 26.2 Å². The lowest BCUT2D eigenvalue weighted by molar-refractivity contribution is -0.144. The fourth-order valence-corrected chi connectivity index (χ4v) is 4.31. The zero-order valence-corrected chi connectivity index (χ0v) is 19.0. The highest BCUT2D eigenvalue weighted by Crippen LogP contribution is 2.30. The van der Waals surface area contributed by atoms with E-state index in [9.17, 15) is 9.59 Å². The van der Waals surface area contributed by atoms with E-state index in [-0.39, 0.29) is 6.04 Å². The molecule has 1 N–H and O–H groups in total. The molecule has 0 atom stereocenters. The molecule has 0 radical (unpaired) electrons. The third-order valence-corrected chi connectivity index (χ3v) is 5.99. The van der Waals surface area contributed by atoms with Gasteiger partial charge in [-0.25, -0.2) is 0 Å². The molecule has 170 valence electrons. The van der Waals surface area contributed by atoms with Crippen LogP contribution in [0, 0.1) is 6.92 Å². The highest BCUT2D eigenvalue weighted by molar-refractivity contribution is 6.39. The van der Waals surface area contributed by atoms with Crippen molar-refractivity contribution in [3.63, 3.8) is 0 Å². The third kappa shape index (κ3) is 5.23. The second-order valence-corrected chi connectivity index (χ2v) is 8.21. The number of aryl methyl sites for hydroxylation is 1. The van der Waals surface area contributed by atoms with Gasteiger partial charge in [0.2, 0.25) is 0 Å². The number of rotatable bonds is 5. The van der Waals surface area contributed by atoms with Crippen molar-refractivity contribution in [2.24, 2.45) is 0 Å². The maximum Gasteiger partial charge on any atom is 0.314 e. The first-order valence-electron chi connectivity index (χ1n) is 11.2. The van der Waals surface area contributed by atoms with Crippen molar-refractivity contribution in [2.45, 2.75) is 13.0 Å². The summed E-state index contributed by atoms with van der Waals surface area (Å²) in [5.74, 6) is -0.635. The summed E-state index contributed by atoms with van der Waals surface area (Å²) in [6, 6.07) is 26.4. The van der Waals surface area contributed by atoms with Gasteiger partial charge in [0.15, 0.2) is 0 Å². The number of benzene rings is 3. The average molecular weight is 444 g/mol. The Labute approximate surface area is 194 Å². The Morgan fingerprint density at radius 1 is 0.848 bits per heavy atom. The van der Waals surface area contributed by atoms with Crippen LogP contribution in [0.25, 0.3) is 0 Å². The number of methoxy groups -OCH3 is 1. The standard InChI is InChI=1S/C27H29N3O3/c1-20-13-14-24(33-2)23(19-20)28-26(31)27(32)30-17-15-29(16-18-30)25(21-9-5-3-6-10-21)22-11-7-4-8-12-22/h3-14,19,25H,15-18H2,1-2H3,(H,28,31). The van der Waals surface area contributed by atoms with Gasteiger partial charge >= 0.3 is 11.8 Å². The summed E-state index contributed by atoms with van der Waals surface area (Å²) in [7, 11) is 1.54. The molecule has 0 bridgehead atoms. The molecule has 0 unspecified atom stereocenters. The number of hydrogen-bond donors (Lipinski definition) is 1. The second kappa shape index (κ2) is 10.3. The average Bonchev–Trinajstić information content (AvgIpc) is 2.86. The second-order valence-electron chi connectivity index (χ2n) is 8.21. The smallest absolute Gasteiger partial charge is 0.314 e. The predicted molar refractivity (Wildman–Crippen MR) is 129 cm³/mol. The van der Waals surface area contributed by atoms with Crippen molar-refractivity contribution in [1.82, 2.24) is 9.80 Å². The Kier molecular flexibility index (Phi) is 7.05. The Morgan fingerprint density at radius 3 is 1.97 bits per heavy atom. The molecule has 4 rings (SSSR count). The molecule has 2 amide bonds. The van der Waals surface area contributed by atoms with E-state index in [0.717, 1.165) is 5.56 Å². The lowest BCUT2D eigenvalue weighted by Gasteiger charge is -2.39. The van der Waals surface area contributed by atoms with Gasteiger partial charge in [-0.2, -0.15) is 0 Å². The first kappa shape index (κ1) is 22.6. The van der Waals surface area contributed by atoms with Crippen LogP contribution in [-0.4, -0.2) is 54.9 Å². The number of anilines is 1. The minimum atomic E-state index is -0.644. The van der Waals surface area contributed by atoms with Crippen LogP contribution in [0.4, 0.5) is 5.69 Å². The van der Waals surface area contributed by atoms with Crippen LogP contribution in [0.5, 0.6) is 5.75 Å². The Hall–Kier alpha value is -3.64. The van der Waals surface area contributed by atoms with Crippen LogP contribution in [-0.2, 0) is 9.59 Å². The number of carbonyl (C=O) groups excluding carboxylic acids is 2. The molecule has 0 saturated carbocycles. The zero-order chi connectivity index (χ0) is 23.2. The van der Waals surface area contributed by atoms with Gasteiger partial charge in [-0.05, 0) is 35.7 Å². The van der Waals surface area contributed by atoms with Gasteiger partial charge in [0.1, 0.15) is 5.75 Å². The van der Waals surface area contributed by atoms with Gasteiger partial charge in [0.25, 0.3) is 0 Å². The van der Waals surface area contributed by atoms with Crippen LogP contribution in [0.3, 0.4) is 0 Å². The van der Waals surface area contributed by atoms with Crippen LogP contribution in [0.1, 0.15) is 22.7 Å². The number of carbonyl (C=O) groups is 2. The zero-order valence-electron chi connectivity index (χ0n) is 19.0. The maximum absolute atomic E-state index is 12.9. The Morgan fingerprint density at radius 2 is 1.42 bits per heavy atom. The molecule has 0 spiro atoms.